The van der Waals surface area contributed by atoms with E-state index in [1.807, 2.05) is 0 Å². The number of aromatic carboxylic acids is 1. The Bertz CT molecular complexity index is 190. The van der Waals surface area contributed by atoms with Gasteiger partial charge in [0.25, 0.3) is 0 Å². The Kier molecular flexibility index (Phi) is 3.93. The monoisotopic (exact) mass is 153 g/mol. The van der Waals surface area contributed by atoms with Crippen molar-refractivity contribution in [3.05, 3.63) is 24.0 Å². The molecule has 0 fully saturated rings. The van der Waals surface area contributed by atoms with Gasteiger partial charge in [0.2, 0.25) is 0 Å². The fourth-order valence-electron chi connectivity index (χ4n) is 0.463. The van der Waals surface area contributed by atoms with Gasteiger partial charge < -0.3 is 12.9 Å². The predicted octanol–water partition coefficient (Wildman–Crippen LogP) is 0.557. The van der Waals surface area contributed by atoms with Gasteiger partial charge in [-0.2, -0.15) is 0 Å². The number of carboxylic acids is 1. The molecule has 1 aromatic rings. The minimum atomic E-state index is -0.921. The zero-order valence-corrected chi connectivity index (χ0v) is 7.00. The van der Waals surface area contributed by atoms with Crippen molar-refractivity contribution < 1.29 is 12.8 Å². The molecule has 0 aromatic carbocycles. The molecular weight excluding hydrogens is 146 g/mol. The minimum Gasteiger partial charge on any atom is -1.00 e. The average molecular weight is 153 g/mol. The SMILES string of the molecule is O=C(O)c1ccc[nH]1.[Ca+2].[H-].[H-]. The van der Waals surface area contributed by atoms with Gasteiger partial charge >= 0.3 is 43.7 Å². The van der Waals surface area contributed by atoms with Gasteiger partial charge in [0, 0.05) is 6.20 Å². The van der Waals surface area contributed by atoms with Crippen LogP contribution in [-0.2, 0) is 0 Å². The summed E-state index contributed by atoms with van der Waals surface area (Å²) in [4.78, 5) is 12.6. The molecule has 0 radical (unpaired) electrons. The second kappa shape index (κ2) is 3.93. The van der Waals surface area contributed by atoms with Crippen LogP contribution in [0.3, 0.4) is 0 Å². The fraction of sp³-hybridized carbons (Fsp3) is 0. The van der Waals surface area contributed by atoms with E-state index in [-0.39, 0.29) is 46.3 Å². The van der Waals surface area contributed by atoms with Crippen LogP contribution >= 0.6 is 0 Å². The summed E-state index contributed by atoms with van der Waals surface area (Å²) in [5, 5.41) is 8.24. The fourth-order valence-corrected chi connectivity index (χ4v) is 0.463. The summed E-state index contributed by atoms with van der Waals surface area (Å²) in [6, 6.07) is 3.14. The number of carbonyl (C=O) groups is 1. The number of hydrogen-bond acceptors (Lipinski definition) is 1. The van der Waals surface area contributed by atoms with Crippen molar-refractivity contribution in [1.82, 2.24) is 4.98 Å². The van der Waals surface area contributed by atoms with Gasteiger partial charge in [0.1, 0.15) is 5.69 Å². The summed E-state index contributed by atoms with van der Waals surface area (Å²) >= 11 is 0. The van der Waals surface area contributed by atoms with Crippen LogP contribution in [-0.4, -0.2) is 53.8 Å². The Morgan fingerprint density at radius 3 is 2.67 bits per heavy atom. The number of nitrogens with one attached hydrogen (secondary N) is 1. The van der Waals surface area contributed by atoms with Crippen molar-refractivity contribution in [3.8, 4) is 0 Å². The Morgan fingerprint density at radius 1 is 1.78 bits per heavy atom. The third kappa shape index (κ3) is 2.39. The predicted molar refractivity (Wildman–Crippen MR) is 35.7 cm³/mol. The number of aromatic nitrogens is 1. The smallest absolute Gasteiger partial charge is 1.00 e. The number of aromatic amines is 1. The number of hydrogen-bond donors (Lipinski definition) is 2. The van der Waals surface area contributed by atoms with Crippen LogP contribution in [0, 0.1) is 0 Å². The van der Waals surface area contributed by atoms with Gasteiger partial charge in [-0.3, -0.25) is 0 Å². The Hall–Kier alpha value is 0.00974. The van der Waals surface area contributed by atoms with Crippen LogP contribution in [0.25, 0.3) is 0 Å². The largest absolute Gasteiger partial charge is 2.00 e. The first-order valence-corrected chi connectivity index (χ1v) is 2.17. The van der Waals surface area contributed by atoms with Crippen molar-refractivity contribution in [2.24, 2.45) is 0 Å². The van der Waals surface area contributed by atoms with Gasteiger partial charge in [0.05, 0.1) is 0 Å². The first kappa shape index (κ1) is 9.01. The molecule has 1 heterocycles. The van der Waals surface area contributed by atoms with Crippen molar-refractivity contribution >= 4 is 43.7 Å². The Labute approximate surface area is 85.0 Å². The molecular formula is C5H7CaNO2. The molecule has 0 saturated heterocycles. The summed E-state index contributed by atoms with van der Waals surface area (Å²) in [5.41, 5.74) is 0.227. The van der Waals surface area contributed by atoms with E-state index in [1.165, 1.54) is 6.07 Å². The maximum Gasteiger partial charge on any atom is 2.00 e. The molecule has 2 N–H and O–H groups in total. The first-order valence-electron chi connectivity index (χ1n) is 2.17. The van der Waals surface area contributed by atoms with Crippen molar-refractivity contribution in [2.45, 2.75) is 0 Å². The maximum atomic E-state index is 10.0. The van der Waals surface area contributed by atoms with E-state index in [2.05, 4.69) is 4.98 Å². The minimum absolute atomic E-state index is 0. The van der Waals surface area contributed by atoms with Gasteiger partial charge in [0.15, 0.2) is 0 Å². The third-order valence-electron chi connectivity index (χ3n) is 0.828. The molecule has 0 unspecified atom stereocenters. The molecule has 3 nitrogen and oxygen atoms in total. The summed E-state index contributed by atoms with van der Waals surface area (Å²) in [6.45, 7) is 0. The molecule has 0 aliphatic rings. The van der Waals surface area contributed by atoms with E-state index in [4.69, 9.17) is 5.11 Å². The van der Waals surface area contributed by atoms with Crippen LogP contribution in [0.4, 0.5) is 0 Å². The summed E-state index contributed by atoms with van der Waals surface area (Å²) < 4.78 is 0. The van der Waals surface area contributed by atoms with E-state index in [1.54, 1.807) is 12.3 Å². The molecule has 46 valence electrons. The zero-order chi connectivity index (χ0) is 5.98. The number of carboxylic acid groups (broad SMARTS) is 1. The van der Waals surface area contributed by atoms with Crippen LogP contribution < -0.4 is 0 Å². The van der Waals surface area contributed by atoms with Crippen LogP contribution in [0.1, 0.15) is 13.3 Å². The molecule has 0 amide bonds. The average Bonchev–Trinajstić information content (AvgIpc) is 2.12. The van der Waals surface area contributed by atoms with Gasteiger partial charge in [-0.25, -0.2) is 4.79 Å². The normalized spacial score (nSPS) is 8.00. The molecule has 0 aliphatic heterocycles. The molecule has 0 bridgehead atoms. The number of rotatable bonds is 1. The molecule has 0 saturated carbocycles. The Balaban J connectivity index is -0.000000213. The van der Waals surface area contributed by atoms with E-state index in [0.717, 1.165) is 0 Å². The van der Waals surface area contributed by atoms with Crippen LogP contribution in [0.15, 0.2) is 18.3 Å². The topological polar surface area (TPSA) is 53.1 Å². The van der Waals surface area contributed by atoms with Crippen molar-refractivity contribution in [3.63, 3.8) is 0 Å². The number of H-pyrrole nitrogens is 1. The molecule has 1 rings (SSSR count). The molecule has 0 spiro atoms. The molecule has 0 atom stereocenters. The second-order valence-electron chi connectivity index (χ2n) is 1.39. The second-order valence-corrected chi connectivity index (χ2v) is 1.39. The molecule has 0 aliphatic carbocycles. The molecule has 1 aromatic heterocycles. The van der Waals surface area contributed by atoms with Crippen LogP contribution in [0.2, 0.25) is 0 Å². The quantitative estimate of drug-likeness (QED) is 0.579. The van der Waals surface area contributed by atoms with E-state index in [9.17, 15) is 4.79 Å². The van der Waals surface area contributed by atoms with E-state index in [0.29, 0.717) is 0 Å². The van der Waals surface area contributed by atoms with E-state index >= 15 is 0 Å². The van der Waals surface area contributed by atoms with Crippen molar-refractivity contribution in [2.75, 3.05) is 0 Å². The van der Waals surface area contributed by atoms with Crippen molar-refractivity contribution in [1.29, 1.82) is 0 Å². The zero-order valence-electron chi connectivity index (χ0n) is 6.79. The van der Waals surface area contributed by atoms with Gasteiger partial charge in [-0.1, -0.05) is 0 Å². The Morgan fingerprint density at radius 2 is 2.44 bits per heavy atom. The summed E-state index contributed by atoms with van der Waals surface area (Å²) in [6.07, 6.45) is 1.57. The molecule has 4 heteroatoms. The maximum absolute atomic E-state index is 10.0. The standard InChI is InChI=1S/C5H5NO2.Ca.2H/c7-5(8)4-2-1-3-6-4;;;/h1-3,6H,(H,7,8);;;/q;+2;2*-1. The third-order valence-corrected chi connectivity index (χ3v) is 0.828. The van der Waals surface area contributed by atoms with Gasteiger partial charge in [-0.05, 0) is 12.1 Å². The van der Waals surface area contributed by atoms with Crippen LogP contribution in [0.5, 0.6) is 0 Å². The summed E-state index contributed by atoms with van der Waals surface area (Å²) in [5.74, 6) is -0.921. The van der Waals surface area contributed by atoms with E-state index < -0.39 is 5.97 Å². The summed E-state index contributed by atoms with van der Waals surface area (Å²) in [7, 11) is 0. The molecule has 9 heavy (non-hydrogen) atoms. The first-order chi connectivity index (χ1) is 3.80. The van der Waals surface area contributed by atoms with Gasteiger partial charge in [-0.15, -0.1) is 0 Å².